The van der Waals surface area contributed by atoms with E-state index in [2.05, 4.69) is 34.1 Å². The van der Waals surface area contributed by atoms with Crippen LogP contribution in [0.1, 0.15) is 32.1 Å². The van der Waals surface area contributed by atoms with Crippen molar-refractivity contribution in [2.24, 2.45) is 0 Å². The molecule has 0 saturated heterocycles. The number of pyridine rings is 1. The van der Waals surface area contributed by atoms with E-state index >= 15 is 0 Å². The number of nitrogens with zero attached hydrogens (tertiary/aromatic N) is 2. The summed E-state index contributed by atoms with van der Waals surface area (Å²) in [5.74, 6) is -0.0629. The van der Waals surface area contributed by atoms with E-state index in [1.165, 1.54) is 10.4 Å². The second kappa shape index (κ2) is 6.78. The number of aromatic nitrogens is 1. The molecule has 25 heavy (non-hydrogen) atoms. The molecule has 0 unspecified atom stereocenters. The fraction of sp³-hybridized carbons (Fsp3) is 0.200. The fourth-order valence-corrected chi connectivity index (χ4v) is 4.49. The van der Waals surface area contributed by atoms with Crippen molar-refractivity contribution in [2.75, 3.05) is 12.3 Å². The van der Waals surface area contributed by atoms with Crippen LogP contribution >= 0.6 is 11.3 Å². The fourth-order valence-electron chi connectivity index (χ4n) is 3.33. The average Bonchev–Trinajstić information content (AvgIpc) is 2.97. The molecule has 0 amide bonds. The molecule has 0 aliphatic carbocycles. The van der Waals surface area contributed by atoms with Crippen LogP contribution in [0.15, 0.2) is 54.7 Å². The maximum atomic E-state index is 12.8. The lowest BCUT2D eigenvalue weighted by molar-refractivity contribution is 0.103. The highest BCUT2D eigenvalue weighted by Gasteiger charge is 2.27. The van der Waals surface area contributed by atoms with E-state index in [0.717, 1.165) is 31.6 Å². The number of fused-ring (bicyclic) bond motifs is 1. The number of thiophene rings is 1. The summed E-state index contributed by atoms with van der Waals surface area (Å²) in [4.78, 5) is 20.6. The lowest BCUT2D eigenvalue weighted by atomic mass is 9.98. The monoisotopic (exact) mass is 349 g/mol. The minimum absolute atomic E-state index is 0.0629. The highest BCUT2D eigenvalue weighted by atomic mass is 32.1. The van der Waals surface area contributed by atoms with Gasteiger partial charge >= 0.3 is 0 Å². The first-order chi connectivity index (χ1) is 12.2. The molecular weight excluding hydrogens is 330 g/mol. The highest BCUT2D eigenvalue weighted by Crippen LogP contribution is 2.36. The topological polar surface area (TPSA) is 59.2 Å². The first-order valence-corrected chi connectivity index (χ1v) is 9.16. The van der Waals surface area contributed by atoms with Gasteiger partial charge in [0.2, 0.25) is 5.78 Å². The van der Waals surface area contributed by atoms with Crippen LogP contribution in [-0.2, 0) is 19.5 Å². The van der Waals surface area contributed by atoms with E-state index in [-0.39, 0.29) is 5.78 Å². The summed E-state index contributed by atoms with van der Waals surface area (Å²) < 4.78 is 0. The SMILES string of the molecule is Nc1sc2c(c1C(=O)c1ccccn1)CCN(Cc1ccccc1)C2. The zero-order valence-corrected chi connectivity index (χ0v) is 14.6. The van der Waals surface area contributed by atoms with Crippen LogP contribution in [0.2, 0.25) is 0 Å². The maximum absolute atomic E-state index is 12.8. The van der Waals surface area contributed by atoms with E-state index in [1.807, 2.05) is 18.2 Å². The molecule has 2 N–H and O–H groups in total. The van der Waals surface area contributed by atoms with Crippen molar-refractivity contribution < 1.29 is 4.79 Å². The summed E-state index contributed by atoms with van der Waals surface area (Å²) in [6.07, 6.45) is 2.49. The molecule has 0 radical (unpaired) electrons. The van der Waals surface area contributed by atoms with E-state index in [1.54, 1.807) is 23.6 Å². The largest absolute Gasteiger partial charge is 0.390 e. The zero-order valence-electron chi connectivity index (χ0n) is 13.8. The predicted molar refractivity (Wildman–Crippen MR) is 101 cm³/mol. The molecule has 5 heteroatoms. The number of nitrogens with two attached hydrogens (primary N) is 1. The molecule has 3 aromatic rings. The summed E-state index contributed by atoms with van der Waals surface area (Å²) in [5, 5.41) is 0.613. The Bertz CT molecular complexity index is 890. The molecule has 2 aromatic heterocycles. The second-order valence-electron chi connectivity index (χ2n) is 6.23. The Morgan fingerprint density at radius 2 is 1.96 bits per heavy atom. The summed E-state index contributed by atoms with van der Waals surface area (Å²) in [6, 6.07) is 15.8. The third-order valence-corrected chi connectivity index (χ3v) is 5.58. The van der Waals surface area contributed by atoms with Gasteiger partial charge in [-0.25, -0.2) is 0 Å². The van der Waals surface area contributed by atoms with Gasteiger partial charge in [0.15, 0.2) is 0 Å². The Kier molecular flexibility index (Phi) is 4.34. The number of hydrogen-bond donors (Lipinski definition) is 1. The third-order valence-electron chi connectivity index (χ3n) is 4.54. The molecule has 0 atom stereocenters. The van der Waals surface area contributed by atoms with Crippen molar-refractivity contribution in [3.63, 3.8) is 0 Å². The Morgan fingerprint density at radius 1 is 1.16 bits per heavy atom. The molecule has 1 aliphatic heterocycles. The van der Waals surface area contributed by atoms with Crippen molar-refractivity contribution in [2.45, 2.75) is 19.5 Å². The van der Waals surface area contributed by atoms with Gasteiger partial charge in [-0.15, -0.1) is 11.3 Å². The molecular formula is C20H19N3OS. The quantitative estimate of drug-likeness (QED) is 0.732. The molecule has 4 rings (SSSR count). The number of ketones is 1. The first-order valence-electron chi connectivity index (χ1n) is 8.34. The van der Waals surface area contributed by atoms with Crippen LogP contribution < -0.4 is 5.73 Å². The first kappa shape index (κ1) is 16.0. The molecule has 126 valence electrons. The van der Waals surface area contributed by atoms with Gasteiger partial charge < -0.3 is 5.73 Å². The molecule has 1 aromatic carbocycles. The standard InChI is InChI=1S/C20H19N3OS/c21-20-18(19(24)16-8-4-5-10-22-16)15-9-11-23(13-17(15)25-20)12-14-6-2-1-3-7-14/h1-8,10H,9,11-13,21H2. The number of hydrogen-bond acceptors (Lipinski definition) is 5. The summed E-state index contributed by atoms with van der Waals surface area (Å²) in [5.41, 5.74) is 9.75. The molecule has 0 bridgehead atoms. The van der Waals surface area contributed by atoms with Crippen LogP contribution in [0.3, 0.4) is 0 Å². The van der Waals surface area contributed by atoms with Crippen LogP contribution in [0.5, 0.6) is 0 Å². The van der Waals surface area contributed by atoms with Crippen molar-refractivity contribution >= 4 is 22.1 Å². The number of benzene rings is 1. The summed E-state index contributed by atoms with van der Waals surface area (Å²) >= 11 is 1.54. The van der Waals surface area contributed by atoms with E-state index in [0.29, 0.717) is 16.3 Å². The number of rotatable bonds is 4. The zero-order chi connectivity index (χ0) is 17.2. The molecule has 4 nitrogen and oxygen atoms in total. The minimum atomic E-state index is -0.0629. The molecule has 1 aliphatic rings. The molecule has 0 fully saturated rings. The molecule has 3 heterocycles. The van der Waals surface area contributed by atoms with Gasteiger partial charge in [0.05, 0.1) is 10.6 Å². The van der Waals surface area contributed by atoms with Crippen LogP contribution in [0.4, 0.5) is 5.00 Å². The van der Waals surface area contributed by atoms with Crippen molar-refractivity contribution in [3.05, 3.63) is 82.0 Å². The van der Waals surface area contributed by atoms with Crippen molar-refractivity contribution in [3.8, 4) is 0 Å². The highest BCUT2D eigenvalue weighted by molar-refractivity contribution is 7.16. The minimum Gasteiger partial charge on any atom is -0.390 e. The maximum Gasteiger partial charge on any atom is 0.214 e. The van der Waals surface area contributed by atoms with E-state index < -0.39 is 0 Å². The Labute approximate surface area is 150 Å². The van der Waals surface area contributed by atoms with E-state index in [9.17, 15) is 4.79 Å². The third kappa shape index (κ3) is 3.21. The average molecular weight is 349 g/mol. The number of carbonyl (C=O) groups is 1. The van der Waals surface area contributed by atoms with Gasteiger partial charge in [-0.2, -0.15) is 0 Å². The van der Waals surface area contributed by atoms with Crippen LogP contribution in [0, 0.1) is 0 Å². The van der Waals surface area contributed by atoms with Gasteiger partial charge in [0, 0.05) is 30.7 Å². The van der Waals surface area contributed by atoms with Gasteiger partial charge in [0.1, 0.15) is 5.69 Å². The Hall–Kier alpha value is -2.50. The smallest absolute Gasteiger partial charge is 0.214 e. The molecule has 0 saturated carbocycles. The Balaban J connectivity index is 1.58. The van der Waals surface area contributed by atoms with Crippen LogP contribution in [0.25, 0.3) is 0 Å². The van der Waals surface area contributed by atoms with Gasteiger partial charge in [0.25, 0.3) is 0 Å². The summed E-state index contributed by atoms with van der Waals surface area (Å²) in [7, 11) is 0. The number of carbonyl (C=O) groups excluding carboxylic acids is 1. The second-order valence-corrected chi connectivity index (χ2v) is 7.37. The van der Waals surface area contributed by atoms with Gasteiger partial charge in [-0.1, -0.05) is 36.4 Å². The van der Waals surface area contributed by atoms with Crippen molar-refractivity contribution in [1.82, 2.24) is 9.88 Å². The van der Waals surface area contributed by atoms with Crippen molar-refractivity contribution in [1.29, 1.82) is 0 Å². The van der Waals surface area contributed by atoms with Crippen LogP contribution in [-0.4, -0.2) is 22.2 Å². The van der Waals surface area contributed by atoms with Gasteiger partial charge in [-0.05, 0) is 29.7 Å². The predicted octanol–water partition coefficient (Wildman–Crippen LogP) is 3.51. The van der Waals surface area contributed by atoms with Gasteiger partial charge in [-0.3, -0.25) is 14.7 Å². The number of nitrogen functional groups attached to an aromatic ring is 1. The summed E-state index contributed by atoms with van der Waals surface area (Å²) in [6.45, 7) is 2.69. The lowest BCUT2D eigenvalue weighted by Gasteiger charge is -2.27. The lowest BCUT2D eigenvalue weighted by Crippen LogP contribution is -2.29. The normalized spacial score (nSPS) is 14.2. The molecule has 0 spiro atoms. The number of anilines is 1. The Morgan fingerprint density at radius 3 is 2.72 bits per heavy atom. The van der Waals surface area contributed by atoms with E-state index in [4.69, 9.17) is 5.73 Å².